The molecular formula is C19H24N4O2S. The first-order chi connectivity index (χ1) is 12.6. The molecule has 3 fully saturated rings. The Morgan fingerprint density at radius 3 is 2.58 bits per heavy atom. The molecule has 0 amide bonds. The minimum absolute atomic E-state index is 0.0396. The molecule has 1 aromatic heterocycles. The van der Waals surface area contributed by atoms with Crippen LogP contribution < -0.4 is 5.32 Å². The topological polar surface area (TPSA) is 76.9 Å². The summed E-state index contributed by atoms with van der Waals surface area (Å²) in [6.07, 6.45) is 2.37. The first-order valence-corrected chi connectivity index (χ1v) is 11.3. The first kappa shape index (κ1) is 16.4. The molecule has 2 unspecified atom stereocenters. The predicted octanol–water partition coefficient (Wildman–Crippen LogP) is 1.36. The summed E-state index contributed by atoms with van der Waals surface area (Å²) in [5.74, 6) is 4.13. The summed E-state index contributed by atoms with van der Waals surface area (Å²) in [4.78, 5) is 4.89. The van der Waals surface area contributed by atoms with Gasteiger partial charge in [0.1, 0.15) is 5.82 Å². The quantitative estimate of drug-likeness (QED) is 0.857. The van der Waals surface area contributed by atoms with Gasteiger partial charge in [0.25, 0.3) is 0 Å². The lowest BCUT2D eigenvalue weighted by Gasteiger charge is -2.12. The number of aryl methyl sites for hydroxylation is 2. The fourth-order valence-corrected chi connectivity index (χ4v) is 6.35. The second-order valence-electron chi connectivity index (χ2n) is 7.88. The average molecular weight is 372 g/mol. The molecule has 0 radical (unpaired) electrons. The lowest BCUT2D eigenvalue weighted by Crippen LogP contribution is -2.19. The molecule has 26 heavy (non-hydrogen) atoms. The van der Waals surface area contributed by atoms with Crippen LogP contribution in [0.2, 0.25) is 0 Å². The molecule has 3 heterocycles. The van der Waals surface area contributed by atoms with E-state index in [0.717, 1.165) is 37.6 Å². The van der Waals surface area contributed by atoms with Crippen molar-refractivity contribution in [3.05, 3.63) is 47.5 Å². The van der Waals surface area contributed by atoms with E-state index >= 15 is 0 Å². The SMILES string of the molecule is O=S1(=O)CCC(n2nc(CCc3ccccc3)nc2C2[C@H]3CNC[C@@H]23)C1. The number of rotatable bonds is 5. The number of hydrogen-bond acceptors (Lipinski definition) is 5. The second kappa shape index (κ2) is 6.16. The van der Waals surface area contributed by atoms with Crippen molar-refractivity contribution in [2.24, 2.45) is 11.8 Å². The van der Waals surface area contributed by atoms with Crippen LogP contribution in [0.1, 0.15) is 35.6 Å². The normalized spacial score (nSPS) is 31.8. The lowest BCUT2D eigenvalue weighted by molar-refractivity contribution is 0.465. The van der Waals surface area contributed by atoms with Crippen LogP contribution in [0.25, 0.3) is 0 Å². The molecule has 2 aliphatic heterocycles. The van der Waals surface area contributed by atoms with Crippen LogP contribution in [0.15, 0.2) is 30.3 Å². The van der Waals surface area contributed by atoms with Crippen molar-refractivity contribution < 1.29 is 8.42 Å². The summed E-state index contributed by atoms with van der Waals surface area (Å²) < 4.78 is 25.9. The Morgan fingerprint density at radius 2 is 1.88 bits per heavy atom. The molecule has 5 rings (SSSR count). The molecule has 1 aromatic carbocycles. The molecule has 2 aromatic rings. The molecule has 2 saturated heterocycles. The van der Waals surface area contributed by atoms with Crippen molar-refractivity contribution in [3.8, 4) is 0 Å². The molecule has 0 spiro atoms. The van der Waals surface area contributed by atoms with Gasteiger partial charge in [-0.3, -0.25) is 0 Å². The number of piperidine rings is 1. The van der Waals surface area contributed by atoms with E-state index in [9.17, 15) is 8.42 Å². The van der Waals surface area contributed by atoms with E-state index in [1.807, 2.05) is 10.7 Å². The Morgan fingerprint density at radius 1 is 1.12 bits per heavy atom. The van der Waals surface area contributed by atoms with Gasteiger partial charge in [-0.2, -0.15) is 5.10 Å². The van der Waals surface area contributed by atoms with Gasteiger partial charge in [-0.1, -0.05) is 30.3 Å². The third-order valence-electron chi connectivity index (χ3n) is 6.13. The van der Waals surface area contributed by atoms with E-state index in [2.05, 4.69) is 29.6 Å². The van der Waals surface area contributed by atoms with E-state index in [4.69, 9.17) is 10.1 Å². The monoisotopic (exact) mass is 372 g/mol. The highest BCUT2D eigenvalue weighted by Gasteiger charge is 2.56. The average Bonchev–Trinajstić information content (AvgIpc) is 3.06. The van der Waals surface area contributed by atoms with Crippen LogP contribution in [0.4, 0.5) is 0 Å². The number of benzene rings is 1. The van der Waals surface area contributed by atoms with Crippen molar-refractivity contribution in [3.63, 3.8) is 0 Å². The molecule has 1 aliphatic carbocycles. The Hall–Kier alpha value is -1.73. The molecule has 6 nitrogen and oxygen atoms in total. The number of nitrogens with zero attached hydrogens (tertiary/aromatic N) is 3. The number of aromatic nitrogens is 3. The van der Waals surface area contributed by atoms with Crippen LogP contribution in [0, 0.1) is 11.8 Å². The summed E-state index contributed by atoms with van der Waals surface area (Å²) in [5.41, 5.74) is 1.28. The molecule has 4 atom stereocenters. The minimum Gasteiger partial charge on any atom is -0.316 e. The van der Waals surface area contributed by atoms with Gasteiger partial charge in [0, 0.05) is 12.3 Å². The molecule has 138 valence electrons. The number of fused-ring (bicyclic) bond motifs is 1. The van der Waals surface area contributed by atoms with Crippen LogP contribution in [-0.4, -0.2) is 47.8 Å². The third kappa shape index (κ3) is 2.97. The molecule has 1 N–H and O–H groups in total. The fourth-order valence-electron chi connectivity index (χ4n) is 4.65. The maximum atomic E-state index is 12.0. The third-order valence-corrected chi connectivity index (χ3v) is 7.88. The zero-order chi connectivity index (χ0) is 17.7. The van der Waals surface area contributed by atoms with Crippen molar-refractivity contribution in [1.29, 1.82) is 0 Å². The highest BCUT2D eigenvalue weighted by atomic mass is 32.2. The predicted molar refractivity (Wildman–Crippen MR) is 98.8 cm³/mol. The molecule has 3 aliphatic rings. The highest BCUT2D eigenvalue weighted by Crippen LogP contribution is 2.55. The summed E-state index contributed by atoms with van der Waals surface area (Å²) in [5, 5.41) is 8.21. The lowest BCUT2D eigenvalue weighted by atomic mass is 10.1. The van der Waals surface area contributed by atoms with Gasteiger partial charge in [-0.05, 0) is 43.3 Å². The summed E-state index contributed by atoms with van der Waals surface area (Å²) in [6.45, 7) is 2.09. The molecule has 1 saturated carbocycles. The maximum absolute atomic E-state index is 12.0. The molecule has 7 heteroatoms. The van der Waals surface area contributed by atoms with E-state index < -0.39 is 9.84 Å². The number of sulfone groups is 1. The summed E-state index contributed by atoms with van der Waals surface area (Å²) >= 11 is 0. The Labute approximate surface area is 153 Å². The maximum Gasteiger partial charge on any atom is 0.152 e. The zero-order valence-corrected chi connectivity index (χ0v) is 15.5. The van der Waals surface area contributed by atoms with Crippen LogP contribution >= 0.6 is 0 Å². The second-order valence-corrected chi connectivity index (χ2v) is 10.1. The van der Waals surface area contributed by atoms with E-state index in [1.165, 1.54) is 5.56 Å². The van der Waals surface area contributed by atoms with Gasteiger partial charge >= 0.3 is 0 Å². The van der Waals surface area contributed by atoms with Crippen molar-refractivity contribution >= 4 is 9.84 Å². The van der Waals surface area contributed by atoms with Crippen molar-refractivity contribution in [2.75, 3.05) is 24.6 Å². The van der Waals surface area contributed by atoms with E-state index in [0.29, 0.717) is 24.2 Å². The van der Waals surface area contributed by atoms with Crippen molar-refractivity contribution in [2.45, 2.75) is 31.2 Å². The van der Waals surface area contributed by atoms with Crippen LogP contribution in [-0.2, 0) is 22.7 Å². The van der Waals surface area contributed by atoms with E-state index in [1.54, 1.807) is 0 Å². The van der Waals surface area contributed by atoms with Gasteiger partial charge in [-0.25, -0.2) is 18.1 Å². The van der Waals surface area contributed by atoms with Gasteiger partial charge < -0.3 is 5.32 Å². The standard InChI is InChI=1S/C19H24N4O2S/c24-26(25)9-8-14(12-26)23-19(18-15-10-20-11-16(15)18)21-17(22-23)7-6-13-4-2-1-3-5-13/h1-5,14-16,18,20H,6-12H2/t14?,15-,16+,18?. The fraction of sp³-hybridized carbons (Fsp3) is 0.579. The molecular weight excluding hydrogens is 348 g/mol. The smallest absolute Gasteiger partial charge is 0.152 e. The minimum atomic E-state index is -2.93. The van der Waals surface area contributed by atoms with E-state index in [-0.39, 0.29) is 17.5 Å². The number of nitrogens with one attached hydrogen (secondary N) is 1. The van der Waals surface area contributed by atoms with Gasteiger partial charge in [0.15, 0.2) is 15.7 Å². The zero-order valence-electron chi connectivity index (χ0n) is 14.7. The van der Waals surface area contributed by atoms with Crippen LogP contribution in [0.5, 0.6) is 0 Å². The largest absolute Gasteiger partial charge is 0.316 e. The van der Waals surface area contributed by atoms with Crippen molar-refractivity contribution in [1.82, 2.24) is 20.1 Å². The summed E-state index contributed by atoms with van der Waals surface area (Å²) in [7, 11) is -2.93. The first-order valence-electron chi connectivity index (χ1n) is 9.51. The Balaban J connectivity index is 1.40. The summed E-state index contributed by atoms with van der Waals surface area (Å²) in [6, 6.07) is 10.3. The van der Waals surface area contributed by atoms with Gasteiger partial charge in [0.05, 0.1) is 17.5 Å². The van der Waals surface area contributed by atoms with Gasteiger partial charge in [-0.15, -0.1) is 0 Å². The number of hydrogen-bond donors (Lipinski definition) is 1. The highest BCUT2D eigenvalue weighted by molar-refractivity contribution is 7.91. The Kier molecular flexibility index (Phi) is 3.90. The van der Waals surface area contributed by atoms with Crippen LogP contribution in [0.3, 0.4) is 0 Å². The van der Waals surface area contributed by atoms with Gasteiger partial charge in [0.2, 0.25) is 0 Å². The Bertz CT molecular complexity index is 899. The molecule has 0 bridgehead atoms.